The van der Waals surface area contributed by atoms with Crippen molar-refractivity contribution in [2.45, 2.75) is 25.4 Å². The molecule has 0 aliphatic carbocycles. The van der Waals surface area contributed by atoms with Crippen LogP contribution in [0.15, 0.2) is 24.4 Å². The van der Waals surface area contributed by atoms with Crippen LogP contribution in [0.4, 0.5) is 4.79 Å². The number of carbonyl (C=O) groups is 1. The van der Waals surface area contributed by atoms with E-state index in [1.54, 1.807) is 16.8 Å². The summed E-state index contributed by atoms with van der Waals surface area (Å²) in [5.41, 5.74) is 1.71. The standard InChI is InChI=1S/C17H20Cl2N6O/c18-15-4-3-13(8-16(15)19)25-10-12(21-22-25)9-23-6-1-2-14(11-23)24-7-5-20-17(24)26/h3-4,8,10,14H,1-2,5-7,9,11H2,(H,20,26). The Labute approximate surface area is 161 Å². The summed E-state index contributed by atoms with van der Waals surface area (Å²) in [7, 11) is 0. The molecule has 0 bridgehead atoms. The predicted molar refractivity (Wildman–Crippen MR) is 99.8 cm³/mol. The molecule has 2 aliphatic heterocycles. The molecule has 0 radical (unpaired) electrons. The van der Waals surface area contributed by atoms with E-state index in [0.717, 1.165) is 50.4 Å². The van der Waals surface area contributed by atoms with Crippen LogP contribution in [-0.4, -0.2) is 63.0 Å². The van der Waals surface area contributed by atoms with Crippen LogP contribution in [0.3, 0.4) is 0 Å². The SMILES string of the molecule is O=C1NCCN1C1CCCN(Cc2cn(-c3ccc(Cl)c(Cl)c3)nn2)C1. The molecule has 0 saturated carbocycles. The second-order valence-electron chi connectivity index (χ2n) is 6.71. The van der Waals surface area contributed by atoms with Crippen molar-refractivity contribution in [3.05, 3.63) is 40.1 Å². The zero-order chi connectivity index (χ0) is 18.1. The van der Waals surface area contributed by atoms with Gasteiger partial charge in [0, 0.05) is 32.2 Å². The number of hydrogen-bond donors (Lipinski definition) is 1. The Morgan fingerprint density at radius 2 is 2.12 bits per heavy atom. The second-order valence-corrected chi connectivity index (χ2v) is 7.52. The van der Waals surface area contributed by atoms with Crippen LogP contribution in [-0.2, 0) is 6.54 Å². The van der Waals surface area contributed by atoms with Crippen molar-refractivity contribution in [3.63, 3.8) is 0 Å². The summed E-state index contributed by atoms with van der Waals surface area (Å²) in [6, 6.07) is 5.70. The highest BCUT2D eigenvalue weighted by Gasteiger charge is 2.31. The fourth-order valence-electron chi connectivity index (χ4n) is 3.62. The number of nitrogens with zero attached hydrogens (tertiary/aromatic N) is 5. The van der Waals surface area contributed by atoms with Gasteiger partial charge < -0.3 is 10.2 Å². The fraction of sp³-hybridized carbons (Fsp3) is 0.471. The maximum absolute atomic E-state index is 11.9. The van der Waals surface area contributed by atoms with E-state index in [2.05, 4.69) is 20.5 Å². The summed E-state index contributed by atoms with van der Waals surface area (Å²) in [5.74, 6) is 0. The average molecular weight is 395 g/mol. The van der Waals surface area contributed by atoms with Crippen LogP contribution in [0.25, 0.3) is 5.69 Å². The number of rotatable bonds is 4. The smallest absolute Gasteiger partial charge is 0.317 e. The summed E-state index contributed by atoms with van der Waals surface area (Å²) in [6.45, 7) is 4.13. The average Bonchev–Trinajstić information content (AvgIpc) is 3.27. The van der Waals surface area contributed by atoms with Crippen LogP contribution < -0.4 is 5.32 Å². The number of benzene rings is 1. The Morgan fingerprint density at radius 1 is 1.23 bits per heavy atom. The van der Waals surface area contributed by atoms with Crippen LogP contribution in [0.2, 0.25) is 10.0 Å². The first-order chi connectivity index (χ1) is 12.6. The van der Waals surface area contributed by atoms with Gasteiger partial charge in [-0.25, -0.2) is 9.48 Å². The Balaban J connectivity index is 1.42. The van der Waals surface area contributed by atoms with E-state index in [-0.39, 0.29) is 12.1 Å². The van der Waals surface area contributed by atoms with Crippen LogP contribution in [0.1, 0.15) is 18.5 Å². The minimum absolute atomic E-state index is 0.0578. The number of urea groups is 1. The van der Waals surface area contributed by atoms with Gasteiger partial charge in [-0.1, -0.05) is 28.4 Å². The molecule has 3 heterocycles. The number of halogens is 2. The van der Waals surface area contributed by atoms with Gasteiger partial charge in [0.15, 0.2) is 0 Å². The molecule has 26 heavy (non-hydrogen) atoms. The van der Waals surface area contributed by atoms with Crippen molar-refractivity contribution in [1.82, 2.24) is 30.1 Å². The molecule has 2 amide bonds. The fourth-order valence-corrected chi connectivity index (χ4v) is 3.91. The van der Waals surface area contributed by atoms with Crippen molar-refractivity contribution in [3.8, 4) is 5.69 Å². The minimum atomic E-state index is 0.0578. The molecule has 9 heteroatoms. The minimum Gasteiger partial charge on any atom is -0.336 e. The zero-order valence-corrected chi connectivity index (χ0v) is 15.7. The number of nitrogens with one attached hydrogen (secondary N) is 1. The van der Waals surface area contributed by atoms with Crippen molar-refractivity contribution >= 4 is 29.2 Å². The molecule has 4 rings (SSSR count). The van der Waals surface area contributed by atoms with E-state index in [4.69, 9.17) is 23.2 Å². The van der Waals surface area contributed by atoms with Gasteiger partial charge in [0.25, 0.3) is 0 Å². The molecular formula is C17H20Cl2N6O. The maximum Gasteiger partial charge on any atom is 0.317 e. The van der Waals surface area contributed by atoms with E-state index >= 15 is 0 Å². The van der Waals surface area contributed by atoms with E-state index in [9.17, 15) is 4.79 Å². The molecule has 2 saturated heterocycles. The zero-order valence-electron chi connectivity index (χ0n) is 14.2. The van der Waals surface area contributed by atoms with Crippen molar-refractivity contribution in [2.75, 3.05) is 26.2 Å². The molecule has 2 aromatic rings. The van der Waals surface area contributed by atoms with Gasteiger partial charge in [-0.15, -0.1) is 5.10 Å². The van der Waals surface area contributed by atoms with Gasteiger partial charge in [0.2, 0.25) is 0 Å². The van der Waals surface area contributed by atoms with Gasteiger partial charge in [-0.2, -0.15) is 0 Å². The van der Waals surface area contributed by atoms with E-state index in [1.165, 1.54) is 0 Å². The van der Waals surface area contributed by atoms with Crippen LogP contribution in [0.5, 0.6) is 0 Å². The summed E-state index contributed by atoms with van der Waals surface area (Å²) < 4.78 is 1.70. The normalized spacial score (nSPS) is 21.2. The molecule has 2 aliphatic rings. The van der Waals surface area contributed by atoms with Crippen LogP contribution >= 0.6 is 23.2 Å². The number of amides is 2. The van der Waals surface area contributed by atoms with Crippen LogP contribution in [0, 0.1) is 0 Å². The summed E-state index contributed by atoms with van der Waals surface area (Å²) in [5, 5.41) is 12.4. The molecule has 1 aromatic carbocycles. The third-order valence-electron chi connectivity index (χ3n) is 4.91. The van der Waals surface area contributed by atoms with Gasteiger partial charge in [0.1, 0.15) is 0 Å². The van der Waals surface area contributed by atoms with Gasteiger partial charge in [-0.3, -0.25) is 4.90 Å². The largest absolute Gasteiger partial charge is 0.336 e. The maximum atomic E-state index is 11.9. The molecule has 2 fully saturated rings. The summed E-state index contributed by atoms with van der Waals surface area (Å²) in [6.07, 6.45) is 4.04. The van der Waals surface area contributed by atoms with Gasteiger partial charge in [-0.05, 0) is 37.6 Å². The monoisotopic (exact) mass is 394 g/mol. The molecule has 1 unspecified atom stereocenters. The lowest BCUT2D eigenvalue weighted by molar-refractivity contribution is 0.121. The number of likely N-dealkylation sites (tertiary alicyclic amines) is 1. The third-order valence-corrected chi connectivity index (χ3v) is 5.64. The molecule has 1 N–H and O–H groups in total. The van der Waals surface area contributed by atoms with Crippen molar-refractivity contribution < 1.29 is 4.79 Å². The molecular weight excluding hydrogens is 375 g/mol. The quantitative estimate of drug-likeness (QED) is 0.864. The summed E-state index contributed by atoms with van der Waals surface area (Å²) >= 11 is 12.0. The number of hydrogen-bond acceptors (Lipinski definition) is 4. The Kier molecular flexibility index (Phi) is 5.02. The van der Waals surface area contributed by atoms with Crippen molar-refractivity contribution in [1.29, 1.82) is 0 Å². The van der Waals surface area contributed by atoms with E-state index < -0.39 is 0 Å². The Bertz CT molecular complexity index is 810. The Morgan fingerprint density at radius 3 is 2.88 bits per heavy atom. The second kappa shape index (κ2) is 7.42. The predicted octanol–water partition coefficient (Wildman–Crippen LogP) is 2.56. The molecule has 138 valence electrons. The van der Waals surface area contributed by atoms with Crippen molar-refractivity contribution in [2.24, 2.45) is 0 Å². The Hall–Kier alpha value is -1.83. The highest BCUT2D eigenvalue weighted by molar-refractivity contribution is 6.42. The topological polar surface area (TPSA) is 66.3 Å². The number of aromatic nitrogens is 3. The first-order valence-corrected chi connectivity index (χ1v) is 9.49. The highest BCUT2D eigenvalue weighted by atomic mass is 35.5. The molecule has 0 spiro atoms. The van der Waals surface area contributed by atoms with Gasteiger partial charge >= 0.3 is 6.03 Å². The molecule has 7 nitrogen and oxygen atoms in total. The molecule has 1 atom stereocenters. The highest BCUT2D eigenvalue weighted by Crippen LogP contribution is 2.24. The first kappa shape index (κ1) is 17.6. The number of carbonyl (C=O) groups excluding carboxylic acids is 1. The lowest BCUT2D eigenvalue weighted by Crippen LogP contribution is -2.48. The number of piperidine rings is 1. The van der Waals surface area contributed by atoms with Gasteiger partial charge in [0.05, 0.1) is 27.6 Å². The van der Waals surface area contributed by atoms with E-state index in [1.807, 2.05) is 17.2 Å². The molecule has 1 aromatic heterocycles. The first-order valence-electron chi connectivity index (χ1n) is 8.73. The lowest BCUT2D eigenvalue weighted by Gasteiger charge is -2.36. The summed E-state index contributed by atoms with van der Waals surface area (Å²) in [4.78, 5) is 16.2. The third kappa shape index (κ3) is 3.65. The van der Waals surface area contributed by atoms with E-state index in [0.29, 0.717) is 16.6 Å². The lowest BCUT2D eigenvalue weighted by atomic mass is 10.0.